The van der Waals surface area contributed by atoms with Crippen LogP contribution in [-0.2, 0) is 33.0 Å². The van der Waals surface area contributed by atoms with E-state index in [-0.39, 0.29) is 63.4 Å². The van der Waals surface area contributed by atoms with Crippen molar-refractivity contribution < 1.29 is 47.3 Å². The molecule has 234 valence electrons. The number of phenols is 2. The largest absolute Gasteiger partial charge is 0.550 e. The third-order valence-corrected chi connectivity index (χ3v) is 6.79. The number of nitro benzene ring substituents is 2. The van der Waals surface area contributed by atoms with Gasteiger partial charge in [-0.15, -0.1) is 0 Å². The van der Waals surface area contributed by atoms with Crippen molar-refractivity contribution in [1.29, 1.82) is 0 Å². The summed E-state index contributed by atoms with van der Waals surface area (Å²) < 4.78 is 0. The number of benzene rings is 2. The van der Waals surface area contributed by atoms with Crippen LogP contribution in [0.3, 0.4) is 0 Å². The Balaban J connectivity index is 0.00000174. The van der Waals surface area contributed by atoms with Crippen LogP contribution in [0.1, 0.15) is 96.4 Å². The Hall–Kier alpha value is -3.82. The zero-order valence-corrected chi connectivity index (χ0v) is 26.8. The summed E-state index contributed by atoms with van der Waals surface area (Å²) in [6.45, 7) is 12.2. The fourth-order valence-corrected chi connectivity index (χ4v) is 4.62. The van der Waals surface area contributed by atoms with Gasteiger partial charge in [0.25, 0.3) is 11.4 Å². The first-order chi connectivity index (χ1) is 19.3. The van der Waals surface area contributed by atoms with Crippen molar-refractivity contribution >= 4 is 29.8 Å². The number of carbonyl (C=O) groups excluding carboxylic acids is 1. The zero-order chi connectivity index (χ0) is 32.0. The van der Waals surface area contributed by atoms with E-state index in [1.807, 2.05) is 41.5 Å². The molecule has 13 heteroatoms. The second-order valence-electron chi connectivity index (χ2n) is 12.3. The van der Waals surface area contributed by atoms with Crippen molar-refractivity contribution in [2.75, 3.05) is 0 Å². The maximum absolute atomic E-state index is 11.5. The van der Waals surface area contributed by atoms with Gasteiger partial charge in [0.2, 0.25) is 0 Å². The fraction of sp³-hybridized carbons (Fsp3) is 0.500. The summed E-state index contributed by atoms with van der Waals surface area (Å²) in [5.41, 5.74) is 0.188. The molecule has 1 aliphatic carbocycles. The second-order valence-corrected chi connectivity index (χ2v) is 12.3. The number of nitrogens with zero attached hydrogens (tertiary/aromatic N) is 4. The molecule has 2 N–H and O–H groups in total. The number of phenolic OH excluding ortho intramolecular Hbond substituents is 2. The van der Waals surface area contributed by atoms with E-state index in [2.05, 4.69) is 9.98 Å². The van der Waals surface area contributed by atoms with Crippen molar-refractivity contribution in [1.82, 2.24) is 0 Å². The Morgan fingerprint density at radius 2 is 1.09 bits per heavy atom. The standard InChI is InChI=1S/C28H36N4O6.C2H4O2.Cr/c1-27(2,3)21-13-19(31(35)36)11-17(25(21)33)15-29-23-9-7-8-10-24(23)30-16-18-12-20(32(37)38)14-22(26(18)34)28(4,5)6;1-2(3)4;/h11-16,23-24,33-34H,7-10H2,1-6H3;1H3,(H,3,4);/p-1/t23-,24-;;/m1../s1. The molecule has 0 spiro atoms. The minimum absolute atomic E-state index is 0. The van der Waals surface area contributed by atoms with Crippen molar-refractivity contribution in [2.24, 2.45) is 9.98 Å². The number of hydrogen-bond acceptors (Lipinski definition) is 10. The van der Waals surface area contributed by atoms with E-state index in [0.29, 0.717) is 11.1 Å². The van der Waals surface area contributed by atoms with Gasteiger partial charge < -0.3 is 20.1 Å². The molecule has 0 radical (unpaired) electrons. The van der Waals surface area contributed by atoms with Gasteiger partial charge in [-0.05, 0) is 30.6 Å². The fourth-order valence-electron chi connectivity index (χ4n) is 4.62. The van der Waals surface area contributed by atoms with E-state index >= 15 is 0 Å². The molecule has 2 atom stereocenters. The van der Waals surface area contributed by atoms with Crippen LogP contribution < -0.4 is 5.11 Å². The maximum atomic E-state index is 11.5. The van der Waals surface area contributed by atoms with E-state index in [1.165, 1.54) is 36.7 Å². The Kier molecular flexibility index (Phi) is 13.0. The molecule has 1 fully saturated rings. The molecule has 3 rings (SSSR count). The molecule has 0 heterocycles. The van der Waals surface area contributed by atoms with E-state index in [1.54, 1.807) is 0 Å². The molecule has 0 amide bonds. The summed E-state index contributed by atoms with van der Waals surface area (Å²) in [5, 5.41) is 53.6. The Morgan fingerprint density at radius 1 is 0.791 bits per heavy atom. The molecule has 0 aromatic heterocycles. The average Bonchev–Trinajstić information content (AvgIpc) is 2.86. The van der Waals surface area contributed by atoms with Gasteiger partial charge in [0.05, 0.1) is 21.9 Å². The van der Waals surface area contributed by atoms with Gasteiger partial charge in [-0.1, -0.05) is 54.4 Å². The molecule has 1 aliphatic rings. The van der Waals surface area contributed by atoms with Gasteiger partial charge in [-0.2, -0.15) is 0 Å². The minimum atomic E-state index is -1.08. The van der Waals surface area contributed by atoms with Crippen LogP contribution in [0, 0.1) is 20.2 Å². The summed E-state index contributed by atoms with van der Waals surface area (Å²) in [7, 11) is 0. The van der Waals surface area contributed by atoms with Gasteiger partial charge in [-0.25, -0.2) is 0 Å². The number of aliphatic imine (C=N–C) groups is 2. The Bertz CT molecular complexity index is 1290. The number of hydrogen-bond donors (Lipinski definition) is 2. The van der Waals surface area contributed by atoms with Gasteiger partial charge >= 0.3 is 0 Å². The third-order valence-electron chi connectivity index (χ3n) is 6.79. The summed E-state index contributed by atoms with van der Waals surface area (Å²) in [4.78, 5) is 40.2. The molecular weight excluding hydrogens is 596 g/mol. The molecule has 0 aliphatic heterocycles. The van der Waals surface area contributed by atoms with Crippen LogP contribution in [0.15, 0.2) is 34.3 Å². The quantitative estimate of drug-likeness (QED) is 0.248. The molecule has 43 heavy (non-hydrogen) atoms. The minimum Gasteiger partial charge on any atom is -0.550 e. The van der Waals surface area contributed by atoms with Crippen LogP contribution in [0.4, 0.5) is 11.4 Å². The van der Waals surface area contributed by atoms with Crippen LogP contribution in [0.5, 0.6) is 11.5 Å². The van der Waals surface area contributed by atoms with Crippen LogP contribution in [0.2, 0.25) is 0 Å². The van der Waals surface area contributed by atoms with Crippen LogP contribution in [-0.4, -0.2) is 50.5 Å². The predicted molar refractivity (Wildman–Crippen MR) is 159 cm³/mol. The number of carboxylic acids is 1. The topological polar surface area (TPSA) is 192 Å². The smallest absolute Gasteiger partial charge is 0.270 e. The number of carboxylic acid groups (broad SMARTS) is 1. The number of carbonyl (C=O) groups is 1. The number of aliphatic carboxylic acids is 1. The molecule has 0 saturated heterocycles. The molecular formula is C30H39CrN4O8-. The Labute approximate surface area is 262 Å². The number of aromatic hydroxyl groups is 2. The van der Waals surface area contributed by atoms with Crippen molar-refractivity contribution in [3.8, 4) is 11.5 Å². The SMILES string of the molecule is CC(=O)[O-].CC(C)(C)c1cc([N+](=O)[O-])cc(C=N[C@@H]2CCCC[C@H]2N=Cc2cc([N+](=O)[O-])cc(C(C)(C)C)c2O)c1O.[Cr]. The number of non-ortho nitro benzene ring substituents is 2. The van der Waals surface area contributed by atoms with Crippen molar-refractivity contribution in [2.45, 2.75) is 97.1 Å². The van der Waals surface area contributed by atoms with Crippen LogP contribution >= 0.6 is 0 Å². The monoisotopic (exact) mass is 635 g/mol. The van der Waals surface area contributed by atoms with E-state index in [4.69, 9.17) is 9.90 Å². The first-order valence-electron chi connectivity index (χ1n) is 13.6. The molecule has 12 nitrogen and oxygen atoms in total. The maximum Gasteiger partial charge on any atom is 0.270 e. The summed E-state index contributed by atoms with van der Waals surface area (Å²) in [6, 6.07) is 4.89. The Morgan fingerprint density at radius 3 is 1.35 bits per heavy atom. The van der Waals surface area contributed by atoms with Crippen LogP contribution in [0.25, 0.3) is 0 Å². The summed E-state index contributed by atoms with van der Waals surface area (Å²) >= 11 is 0. The zero-order valence-electron chi connectivity index (χ0n) is 25.5. The van der Waals surface area contributed by atoms with Gasteiger partial charge in [0.15, 0.2) is 0 Å². The first kappa shape index (κ1) is 37.2. The molecule has 1 saturated carbocycles. The number of rotatable bonds is 6. The molecule has 2 aromatic rings. The van der Waals surface area contributed by atoms with Gasteiger partial charge in [-0.3, -0.25) is 30.2 Å². The average molecular weight is 636 g/mol. The summed E-state index contributed by atoms with van der Waals surface area (Å²) in [5.74, 6) is -1.17. The van der Waals surface area contributed by atoms with E-state index in [0.717, 1.165) is 32.6 Å². The molecule has 2 aromatic carbocycles. The third kappa shape index (κ3) is 10.4. The second kappa shape index (κ2) is 15.1. The first-order valence-corrected chi connectivity index (χ1v) is 13.6. The normalized spacial score (nSPS) is 17.2. The summed E-state index contributed by atoms with van der Waals surface area (Å²) in [6.07, 6.45) is 6.26. The van der Waals surface area contributed by atoms with Gasteiger partial charge in [0, 0.05) is 82.3 Å². The van der Waals surface area contributed by atoms with Gasteiger partial charge in [0.1, 0.15) is 11.5 Å². The number of nitro groups is 2. The van der Waals surface area contributed by atoms with Crippen molar-refractivity contribution in [3.05, 3.63) is 66.7 Å². The van der Waals surface area contributed by atoms with E-state index in [9.17, 15) is 30.4 Å². The molecule has 0 bridgehead atoms. The predicted octanol–water partition coefficient (Wildman–Crippen LogP) is 5.11. The van der Waals surface area contributed by atoms with E-state index < -0.39 is 26.6 Å². The van der Waals surface area contributed by atoms with Crippen molar-refractivity contribution in [3.63, 3.8) is 0 Å². The molecule has 0 unspecified atom stereocenters.